The fourth-order valence-electron chi connectivity index (χ4n) is 10.4. The average molecular weight is 564 g/mol. The minimum absolute atomic E-state index is 0.0678. The van der Waals surface area contributed by atoms with Gasteiger partial charge in [-0.2, -0.15) is 10.2 Å². The molecule has 2 unspecified atom stereocenters. The van der Waals surface area contributed by atoms with Crippen LogP contribution in [0.1, 0.15) is 112 Å². The normalized spacial score (nSPS) is 49.4. The van der Waals surface area contributed by atoms with Crippen LogP contribution in [0.25, 0.3) is 0 Å². The maximum atomic E-state index is 13.4. The zero-order chi connectivity index (χ0) is 30.0. The van der Waals surface area contributed by atoms with Gasteiger partial charge in [0, 0.05) is 11.3 Å². The summed E-state index contributed by atoms with van der Waals surface area (Å²) in [5, 5.41) is 25.9. The Kier molecular flexibility index (Phi) is 5.87. The number of hydrogen-bond donors (Lipinski definition) is 1. The number of ketones is 2. The Bertz CT molecular complexity index is 1400. The van der Waals surface area contributed by atoms with Crippen LogP contribution >= 0.6 is 0 Å². The monoisotopic (exact) mass is 563 g/mol. The molecule has 4 saturated carbocycles. The number of epoxide rings is 1. The molecule has 41 heavy (non-hydrogen) atoms. The second kappa shape index (κ2) is 8.38. The van der Waals surface area contributed by atoms with Gasteiger partial charge in [0.2, 0.25) is 17.3 Å². The van der Waals surface area contributed by atoms with Crippen LogP contribution in [0.5, 0.6) is 0 Å². The topological polar surface area (TPSA) is 130 Å². The van der Waals surface area contributed by atoms with E-state index in [0.29, 0.717) is 18.2 Å². The number of nitriles is 1. The van der Waals surface area contributed by atoms with Crippen LogP contribution in [-0.4, -0.2) is 44.1 Å². The molecule has 9 atom stereocenters. The second-order valence-electron chi connectivity index (χ2n) is 15.8. The van der Waals surface area contributed by atoms with Gasteiger partial charge >= 0.3 is 0 Å². The lowest BCUT2D eigenvalue weighted by molar-refractivity contribution is -0.162. The molecule has 0 spiro atoms. The van der Waals surface area contributed by atoms with Gasteiger partial charge in [-0.15, -0.1) is 0 Å². The number of rotatable bonds is 3. The Morgan fingerprint density at radius 3 is 2.37 bits per heavy atom. The molecule has 0 radical (unpaired) electrons. The highest BCUT2D eigenvalue weighted by Gasteiger charge is 2.82. The van der Waals surface area contributed by atoms with E-state index >= 15 is 0 Å². The minimum atomic E-state index is -1.72. The lowest BCUT2D eigenvalue weighted by Crippen LogP contribution is -2.66. The van der Waals surface area contributed by atoms with E-state index in [1.54, 1.807) is 13.0 Å². The third-order valence-corrected chi connectivity index (χ3v) is 12.9. The lowest BCUT2D eigenvalue weighted by Gasteiger charge is -2.65. The number of Topliss-reactive ketones (excluding diaryl/α,β-unsaturated/α-hetero) is 1. The first kappa shape index (κ1) is 28.7. The van der Waals surface area contributed by atoms with E-state index < -0.39 is 39.8 Å². The van der Waals surface area contributed by atoms with E-state index in [2.05, 4.69) is 38.9 Å². The Hall–Kier alpha value is -2.37. The van der Waals surface area contributed by atoms with E-state index in [-0.39, 0.29) is 22.0 Å². The van der Waals surface area contributed by atoms with Crippen molar-refractivity contribution in [2.24, 2.45) is 33.5 Å². The molecule has 5 fully saturated rings. The molecule has 4 aliphatic carbocycles. The molecule has 1 saturated heterocycles. The minimum Gasteiger partial charge on any atom is -0.382 e. The Balaban J connectivity index is 1.46. The van der Waals surface area contributed by atoms with E-state index in [4.69, 9.17) is 14.2 Å². The molecule has 1 aliphatic heterocycles. The summed E-state index contributed by atoms with van der Waals surface area (Å²) >= 11 is 0. The highest BCUT2D eigenvalue weighted by atomic mass is 16.6. The van der Waals surface area contributed by atoms with Crippen molar-refractivity contribution in [2.75, 3.05) is 0 Å². The zero-order valence-electron chi connectivity index (χ0n) is 25.9. The molecule has 1 aromatic heterocycles. The Morgan fingerprint density at radius 2 is 1.76 bits per heavy atom. The highest BCUT2D eigenvalue weighted by Crippen LogP contribution is 2.74. The predicted octanol–water partition coefficient (Wildman–Crippen LogP) is 5.57. The third kappa shape index (κ3) is 3.57. The van der Waals surface area contributed by atoms with Crippen LogP contribution in [0.4, 0.5) is 0 Å². The van der Waals surface area contributed by atoms with Crippen LogP contribution in [0, 0.1) is 51.8 Å². The second-order valence-corrected chi connectivity index (χ2v) is 15.8. The third-order valence-electron chi connectivity index (χ3n) is 12.9. The van der Waals surface area contributed by atoms with Crippen molar-refractivity contribution in [1.82, 2.24) is 10.1 Å². The molecular weight excluding hydrogens is 518 g/mol. The first-order valence-corrected chi connectivity index (χ1v) is 15.3. The number of carbonyl (C=O) groups is 2. The van der Waals surface area contributed by atoms with Crippen molar-refractivity contribution < 1.29 is 24.0 Å². The molecule has 8 nitrogen and oxygen atoms in total. The van der Waals surface area contributed by atoms with Crippen LogP contribution in [0.3, 0.4) is 0 Å². The molecule has 0 aromatic carbocycles. The molecule has 0 amide bonds. The molecule has 0 bridgehead atoms. The van der Waals surface area contributed by atoms with Gasteiger partial charge in [-0.1, -0.05) is 45.3 Å². The molecule has 8 heteroatoms. The number of ether oxygens (including phenoxy) is 1. The van der Waals surface area contributed by atoms with Gasteiger partial charge in [-0.25, -0.2) is 0 Å². The largest absolute Gasteiger partial charge is 0.382 e. The number of allylic oxidation sites excluding steroid dienone is 1. The Morgan fingerprint density at radius 1 is 1.07 bits per heavy atom. The number of aromatic nitrogens is 2. The summed E-state index contributed by atoms with van der Waals surface area (Å²) in [7, 11) is 0. The van der Waals surface area contributed by atoms with E-state index in [0.717, 1.165) is 56.4 Å². The maximum absolute atomic E-state index is 13.4. The average Bonchev–Trinajstić information content (AvgIpc) is 3.50. The first-order chi connectivity index (χ1) is 18.9. The molecular formula is C33H45N3O5. The molecule has 2 heterocycles. The van der Waals surface area contributed by atoms with Gasteiger partial charge in [-0.05, 0) is 100 Å². The molecule has 1 N–H and O–H groups in total. The smallest absolute Gasteiger partial charge is 0.243 e. The first-order valence-electron chi connectivity index (χ1n) is 15.3. The summed E-state index contributed by atoms with van der Waals surface area (Å²) in [6.45, 7) is 16.4. The molecule has 5 aliphatic rings. The summed E-state index contributed by atoms with van der Waals surface area (Å²) in [6.07, 6.45) is 8.38. The number of aryl methyl sites for hydroxylation is 1. The van der Waals surface area contributed by atoms with E-state index in [1.165, 1.54) is 6.92 Å². The summed E-state index contributed by atoms with van der Waals surface area (Å²) in [6, 6.07) is 2.11. The van der Waals surface area contributed by atoms with Crippen LogP contribution in [0.2, 0.25) is 0 Å². The molecule has 1 aromatic rings. The van der Waals surface area contributed by atoms with Crippen molar-refractivity contribution in [3.8, 4) is 6.07 Å². The maximum Gasteiger partial charge on any atom is 0.243 e. The van der Waals surface area contributed by atoms with Crippen molar-refractivity contribution in [1.29, 1.82) is 5.26 Å². The van der Waals surface area contributed by atoms with Crippen molar-refractivity contribution in [3.05, 3.63) is 23.4 Å². The van der Waals surface area contributed by atoms with Crippen LogP contribution in [0.15, 0.2) is 16.2 Å². The predicted molar refractivity (Wildman–Crippen MR) is 150 cm³/mol. The fourth-order valence-corrected chi connectivity index (χ4v) is 10.4. The SMILES string of the molecule is CC(=O)/C=C1/[C@]2(C)C(CC[C@@]1(C)[C@]1(C)CC[C@@]3(c4nc(C)no4)CCC(C)(C)CC3C1)[C@](C)(O)C(=O)[C@]1(C#N)O[C@@H]12. The number of fused-ring (bicyclic) bond motifs is 4. The van der Waals surface area contributed by atoms with Gasteiger partial charge in [0.15, 0.2) is 11.6 Å². The van der Waals surface area contributed by atoms with Gasteiger partial charge in [0.25, 0.3) is 0 Å². The highest BCUT2D eigenvalue weighted by molar-refractivity contribution is 6.02. The number of carbonyl (C=O) groups excluding carboxylic acids is 2. The van der Waals surface area contributed by atoms with Crippen molar-refractivity contribution in [2.45, 2.75) is 129 Å². The van der Waals surface area contributed by atoms with E-state index in [1.807, 2.05) is 13.8 Å². The molecule has 222 valence electrons. The summed E-state index contributed by atoms with van der Waals surface area (Å²) in [5.41, 5.74) is -3.84. The summed E-state index contributed by atoms with van der Waals surface area (Å²) in [5.74, 6) is 0.708. The number of nitrogens with zero attached hydrogens (tertiary/aromatic N) is 3. The Labute approximate surface area is 243 Å². The van der Waals surface area contributed by atoms with Gasteiger partial charge in [0.05, 0.1) is 5.41 Å². The summed E-state index contributed by atoms with van der Waals surface area (Å²) in [4.78, 5) is 31.1. The number of aliphatic hydroxyl groups is 1. The number of hydrogen-bond acceptors (Lipinski definition) is 8. The standard InChI is InChI=1S/C33H45N3O5/c1-19(37)15-23-29(6,10-9-22-30(23,7)25-33(18-34,40-25)24(38)31(22,8)39)28(5)12-14-32(26-35-20(2)36-41-26)13-11-27(3,4)16-21(32)17-28/h15,21-22,25,39H,9-14,16-17H2,1-8H3/b23-15+/t21?,22?,25-,28-,29-,30+,31+,32+,33+/m1/s1. The van der Waals surface area contributed by atoms with Gasteiger partial charge in [0.1, 0.15) is 17.8 Å². The van der Waals surface area contributed by atoms with Gasteiger partial charge in [-0.3, -0.25) is 9.59 Å². The van der Waals surface area contributed by atoms with Crippen LogP contribution in [-0.2, 0) is 19.7 Å². The van der Waals surface area contributed by atoms with E-state index in [9.17, 15) is 20.0 Å². The lowest BCUT2D eigenvalue weighted by atomic mass is 9.38. The van der Waals surface area contributed by atoms with Crippen molar-refractivity contribution in [3.63, 3.8) is 0 Å². The quantitative estimate of drug-likeness (QED) is 0.373. The van der Waals surface area contributed by atoms with Gasteiger partial charge < -0.3 is 14.4 Å². The van der Waals surface area contributed by atoms with Crippen LogP contribution < -0.4 is 0 Å². The fraction of sp³-hybridized carbons (Fsp3) is 0.788. The zero-order valence-corrected chi connectivity index (χ0v) is 25.9. The molecule has 6 rings (SSSR count). The van der Waals surface area contributed by atoms with Crippen molar-refractivity contribution >= 4 is 11.6 Å². The summed E-state index contributed by atoms with van der Waals surface area (Å²) < 4.78 is 11.9.